The van der Waals surface area contributed by atoms with E-state index < -0.39 is 23.5 Å². The maximum atomic E-state index is 13.5. The first kappa shape index (κ1) is 24.8. The third-order valence-electron chi connectivity index (χ3n) is 6.10. The van der Waals surface area contributed by atoms with E-state index in [9.17, 15) is 14.7 Å². The van der Waals surface area contributed by atoms with Gasteiger partial charge in [-0.2, -0.15) is 0 Å². The Morgan fingerprint density at radius 2 is 1.92 bits per heavy atom. The van der Waals surface area contributed by atoms with Crippen LogP contribution in [0.3, 0.4) is 0 Å². The molecule has 1 aliphatic rings. The highest BCUT2D eigenvalue weighted by Gasteiger charge is 2.48. The van der Waals surface area contributed by atoms with Gasteiger partial charge in [-0.05, 0) is 67.4 Å². The van der Waals surface area contributed by atoms with Gasteiger partial charge in [-0.25, -0.2) is 4.98 Å². The number of aliphatic hydroxyl groups is 1. The normalized spacial score (nSPS) is 17.0. The number of aliphatic hydroxyl groups excluding tert-OH is 1. The summed E-state index contributed by atoms with van der Waals surface area (Å²) in [4.78, 5) is 33.0. The fourth-order valence-corrected chi connectivity index (χ4v) is 5.66. The Kier molecular flexibility index (Phi) is 6.62. The highest BCUT2D eigenvalue weighted by atomic mass is 35.5. The van der Waals surface area contributed by atoms with Crippen molar-refractivity contribution in [1.82, 2.24) is 4.98 Å². The molecule has 1 atom stereocenters. The average molecular weight is 535 g/mol. The number of fused-ring (bicyclic) bond motifs is 1. The van der Waals surface area contributed by atoms with Crippen LogP contribution in [0.5, 0.6) is 11.5 Å². The molecule has 0 bridgehead atoms. The molecular formula is C28H23ClN2O5S. The van der Waals surface area contributed by atoms with Gasteiger partial charge in [0.15, 0.2) is 5.13 Å². The number of halogens is 1. The number of hydrogen-bond donors (Lipinski definition) is 1. The molecule has 1 saturated heterocycles. The third-order valence-corrected chi connectivity index (χ3v) is 7.44. The molecule has 188 valence electrons. The Morgan fingerprint density at radius 1 is 1.11 bits per heavy atom. The van der Waals surface area contributed by atoms with Crippen molar-refractivity contribution in [3.8, 4) is 11.5 Å². The van der Waals surface area contributed by atoms with Crippen LogP contribution in [0.1, 0.15) is 29.7 Å². The lowest BCUT2D eigenvalue weighted by molar-refractivity contribution is -0.132. The van der Waals surface area contributed by atoms with Crippen LogP contribution in [0.2, 0.25) is 5.02 Å². The molecule has 7 nitrogen and oxygen atoms in total. The van der Waals surface area contributed by atoms with Crippen molar-refractivity contribution in [2.24, 2.45) is 0 Å². The molecule has 1 aliphatic heterocycles. The first-order valence-corrected chi connectivity index (χ1v) is 12.8. The standard InChI is InChI=1S/C28H23ClN2O5S/c1-4-36-18-9-10-20(29)19(14-18)25(32)23-24(16-6-5-7-17(13-16)35-3)31(27(34)26(23)33)28-30-21-11-8-15(2)12-22(21)37-28/h5-14,24,32H,4H2,1-3H3/b25-23+. The summed E-state index contributed by atoms with van der Waals surface area (Å²) in [7, 11) is 1.53. The maximum absolute atomic E-state index is 13.5. The smallest absolute Gasteiger partial charge is 0.301 e. The predicted molar refractivity (Wildman–Crippen MR) is 145 cm³/mol. The fraction of sp³-hybridized carbons (Fsp3) is 0.179. The van der Waals surface area contributed by atoms with Gasteiger partial charge in [0.1, 0.15) is 17.3 Å². The quantitative estimate of drug-likeness (QED) is 0.178. The van der Waals surface area contributed by atoms with E-state index in [1.807, 2.05) is 32.0 Å². The largest absolute Gasteiger partial charge is 0.507 e. The van der Waals surface area contributed by atoms with Crippen molar-refractivity contribution in [3.05, 3.63) is 87.9 Å². The van der Waals surface area contributed by atoms with Gasteiger partial charge in [0, 0.05) is 5.56 Å². The van der Waals surface area contributed by atoms with Gasteiger partial charge in [-0.3, -0.25) is 14.5 Å². The molecule has 0 spiro atoms. The van der Waals surface area contributed by atoms with Crippen LogP contribution >= 0.6 is 22.9 Å². The van der Waals surface area contributed by atoms with E-state index in [4.69, 9.17) is 21.1 Å². The lowest BCUT2D eigenvalue weighted by Crippen LogP contribution is -2.29. The molecule has 1 unspecified atom stereocenters. The Balaban J connectivity index is 1.74. The number of benzene rings is 3. The first-order valence-electron chi connectivity index (χ1n) is 11.6. The van der Waals surface area contributed by atoms with E-state index in [-0.39, 0.29) is 16.2 Å². The van der Waals surface area contributed by atoms with Crippen molar-refractivity contribution >= 4 is 55.7 Å². The summed E-state index contributed by atoms with van der Waals surface area (Å²) in [5, 5.41) is 12.0. The minimum Gasteiger partial charge on any atom is -0.507 e. The molecule has 4 aromatic rings. The molecule has 37 heavy (non-hydrogen) atoms. The van der Waals surface area contributed by atoms with E-state index in [1.54, 1.807) is 42.5 Å². The number of Topliss-reactive ketones (excluding diaryl/α,β-unsaturated/α-hetero) is 1. The summed E-state index contributed by atoms with van der Waals surface area (Å²) in [6.45, 7) is 4.22. The average Bonchev–Trinajstić information content (AvgIpc) is 3.42. The maximum Gasteiger partial charge on any atom is 0.301 e. The predicted octanol–water partition coefficient (Wildman–Crippen LogP) is 6.29. The van der Waals surface area contributed by atoms with Crippen LogP contribution in [0.25, 0.3) is 16.0 Å². The first-order chi connectivity index (χ1) is 17.8. The number of nitrogens with zero attached hydrogens (tertiary/aromatic N) is 2. The van der Waals surface area contributed by atoms with Crippen molar-refractivity contribution in [2.45, 2.75) is 19.9 Å². The van der Waals surface area contributed by atoms with E-state index in [0.717, 1.165) is 10.3 Å². The van der Waals surface area contributed by atoms with Gasteiger partial charge in [-0.1, -0.05) is 41.1 Å². The molecule has 1 aromatic heterocycles. The van der Waals surface area contributed by atoms with Crippen molar-refractivity contribution < 1.29 is 24.2 Å². The second-order valence-electron chi connectivity index (χ2n) is 8.49. The minimum absolute atomic E-state index is 0.0933. The molecule has 3 aromatic carbocycles. The van der Waals surface area contributed by atoms with Gasteiger partial charge in [-0.15, -0.1) is 0 Å². The Hall–Kier alpha value is -3.88. The number of rotatable bonds is 6. The zero-order chi connectivity index (χ0) is 26.3. The molecular weight excluding hydrogens is 512 g/mol. The summed E-state index contributed by atoms with van der Waals surface area (Å²) in [5.74, 6) is -1.00. The number of carbonyl (C=O) groups excluding carboxylic acids is 2. The highest BCUT2D eigenvalue weighted by Crippen LogP contribution is 2.45. The Morgan fingerprint density at radius 3 is 2.68 bits per heavy atom. The van der Waals surface area contributed by atoms with Gasteiger partial charge in [0.25, 0.3) is 5.78 Å². The molecule has 0 saturated carbocycles. The number of aryl methyl sites for hydroxylation is 1. The second-order valence-corrected chi connectivity index (χ2v) is 9.90. The van der Waals surface area contributed by atoms with Gasteiger partial charge >= 0.3 is 5.91 Å². The summed E-state index contributed by atoms with van der Waals surface area (Å²) < 4.78 is 11.8. The lowest BCUT2D eigenvalue weighted by atomic mass is 9.95. The number of amides is 1. The van der Waals surface area contributed by atoms with Crippen molar-refractivity contribution in [1.29, 1.82) is 0 Å². The third kappa shape index (κ3) is 4.43. The summed E-state index contributed by atoms with van der Waals surface area (Å²) in [6.07, 6.45) is 0. The number of ether oxygens (including phenoxy) is 2. The van der Waals surface area contributed by atoms with E-state index in [2.05, 4.69) is 4.98 Å². The molecule has 1 N–H and O–H groups in total. The van der Waals surface area contributed by atoms with Crippen LogP contribution in [0, 0.1) is 6.92 Å². The fourth-order valence-electron chi connectivity index (χ4n) is 4.37. The van der Waals surface area contributed by atoms with E-state index in [1.165, 1.54) is 23.3 Å². The molecule has 0 radical (unpaired) electrons. The zero-order valence-corrected chi connectivity index (χ0v) is 21.9. The summed E-state index contributed by atoms with van der Waals surface area (Å²) in [6, 6.07) is 16.7. The zero-order valence-electron chi connectivity index (χ0n) is 20.3. The van der Waals surface area contributed by atoms with Crippen LogP contribution in [-0.4, -0.2) is 35.5 Å². The van der Waals surface area contributed by atoms with Crippen LogP contribution in [-0.2, 0) is 9.59 Å². The van der Waals surface area contributed by atoms with Crippen molar-refractivity contribution in [2.75, 3.05) is 18.6 Å². The van der Waals surface area contributed by atoms with Crippen LogP contribution in [0.15, 0.2) is 66.2 Å². The molecule has 0 aliphatic carbocycles. The van der Waals surface area contributed by atoms with Crippen molar-refractivity contribution in [3.63, 3.8) is 0 Å². The molecule has 1 amide bonds. The molecule has 1 fully saturated rings. The van der Waals surface area contributed by atoms with Crippen LogP contribution in [0.4, 0.5) is 5.13 Å². The summed E-state index contributed by atoms with van der Waals surface area (Å²) >= 11 is 7.73. The van der Waals surface area contributed by atoms with Gasteiger partial charge in [0.05, 0.1) is 40.6 Å². The second kappa shape index (κ2) is 9.88. The van der Waals surface area contributed by atoms with Crippen LogP contribution < -0.4 is 14.4 Å². The number of aromatic nitrogens is 1. The molecule has 9 heteroatoms. The summed E-state index contributed by atoms with van der Waals surface area (Å²) in [5.41, 5.74) is 2.44. The number of thiazole rings is 1. The van der Waals surface area contributed by atoms with E-state index in [0.29, 0.717) is 34.3 Å². The monoisotopic (exact) mass is 534 g/mol. The topological polar surface area (TPSA) is 89.0 Å². The number of carbonyl (C=O) groups is 2. The van der Waals surface area contributed by atoms with Gasteiger partial charge in [0.2, 0.25) is 0 Å². The lowest BCUT2D eigenvalue weighted by Gasteiger charge is -2.23. The Labute approximate surface area is 222 Å². The molecule has 5 rings (SSSR count). The number of methoxy groups -OCH3 is 1. The minimum atomic E-state index is -0.955. The van der Waals surface area contributed by atoms with E-state index >= 15 is 0 Å². The number of ketones is 1. The Bertz CT molecular complexity index is 1580. The SMILES string of the molecule is CCOc1ccc(Cl)c(/C(O)=C2\C(=O)C(=O)N(c3nc4ccc(C)cc4s3)C2c2cccc(OC)c2)c1. The highest BCUT2D eigenvalue weighted by molar-refractivity contribution is 7.22. The number of anilines is 1. The number of hydrogen-bond acceptors (Lipinski definition) is 7. The van der Waals surface area contributed by atoms with Gasteiger partial charge < -0.3 is 14.6 Å². The molecule has 2 heterocycles.